The molecule has 3 nitrogen and oxygen atoms in total. The molecule has 2 aromatic rings. The fourth-order valence-corrected chi connectivity index (χ4v) is 2.36. The van der Waals surface area contributed by atoms with Gasteiger partial charge in [-0.15, -0.1) is 0 Å². The summed E-state index contributed by atoms with van der Waals surface area (Å²) < 4.78 is 15.8. The molecule has 2 rings (SSSR count). The van der Waals surface area contributed by atoms with Crippen molar-refractivity contribution in [2.24, 2.45) is 5.41 Å². The molecule has 1 unspecified atom stereocenters. The molecule has 1 atom stereocenters. The van der Waals surface area contributed by atoms with E-state index in [1.165, 1.54) is 6.07 Å². The molecule has 1 N–H and O–H groups in total. The van der Waals surface area contributed by atoms with E-state index < -0.39 is 0 Å². The van der Waals surface area contributed by atoms with Crippen LogP contribution in [0.5, 0.6) is 0 Å². The van der Waals surface area contributed by atoms with E-state index in [-0.39, 0.29) is 17.3 Å². The Morgan fingerprint density at radius 2 is 2.14 bits per heavy atom. The topological polar surface area (TPSA) is 29.9 Å². The van der Waals surface area contributed by atoms with E-state index in [9.17, 15) is 4.39 Å². The molecule has 114 valence electrons. The molecule has 21 heavy (non-hydrogen) atoms. The number of nitrogens with one attached hydrogen (secondary N) is 1. The fraction of sp³-hybridized carbons (Fsp3) is 0.438. The lowest BCUT2D eigenvalue weighted by molar-refractivity contribution is 0.239. The zero-order chi connectivity index (χ0) is 15.5. The predicted molar refractivity (Wildman–Crippen MR) is 83.7 cm³/mol. The number of hydrogen-bond donors (Lipinski definition) is 1. The summed E-state index contributed by atoms with van der Waals surface area (Å²) in [6.45, 7) is 7.72. The van der Waals surface area contributed by atoms with Crippen LogP contribution in [0.3, 0.4) is 0 Å². The van der Waals surface area contributed by atoms with Crippen LogP contribution in [0.2, 0.25) is 5.02 Å². The third kappa shape index (κ3) is 4.55. The number of nitrogens with zero attached hydrogens (tertiary/aromatic N) is 2. The normalized spacial score (nSPS) is 13.4. The third-order valence-electron chi connectivity index (χ3n) is 3.54. The SMILES string of the molecule is CC(C)(C)C(Cn1ccnc1)NCc1cc(Cl)ccc1F. The summed E-state index contributed by atoms with van der Waals surface area (Å²) in [5.41, 5.74) is 0.627. The highest BCUT2D eigenvalue weighted by molar-refractivity contribution is 6.30. The van der Waals surface area contributed by atoms with Crippen molar-refractivity contribution in [3.05, 3.63) is 53.3 Å². The highest BCUT2D eigenvalue weighted by atomic mass is 35.5. The Morgan fingerprint density at radius 3 is 2.76 bits per heavy atom. The van der Waals surface area contributed by atoms with Gasteiger partial charge in [-0.25, -0.2) is 9.37 Å². The van der Waals surface area contributed by atoms with E-state index >= 15 is 0 Å². The highest BCUT2D eigenvalue weighted by Gasteiger charge is 2.24. The molecule has 1 aromatic carbocycles. The second kappa shape index (κ2) is 6.58. The average Bonchev–Trinajstić information content (AvgIpc) is 2.89. The van der Waals surface area contributed by atoms with E-state index in [0.717, 1.165) is 6.54 Å². The first kappa shape index (κ1) is 16.0. The molecule has 0 saturated heterocycles. The van der Waals surface area contributed by atoms with Gasteiger partial charge in [-0.2, -0.15) is 0 Å². The molecule has 1 aromatic heterocycles. The van der Waals surface area contributed by atoms with Crippen molar-refractivity contribution in [3.8, 4) is 0 Å². The number of rotatable bonds is 5. The molecule has 0 aliphatic carbocycles. The first-order chi connectivity index (χ1) is 9.86. The van der Waals surface area contributed by atoms with E-state index in [4.69, 9.17) is 11.6 Å². The van der Waals surface area contributed by atoms with Crippen LogP contribution in [0.15, 0.2) is 36.9 Å². The molecule has 5 heteroatoms. The lowest BCUT2D eigenvalue weighted by atomic mass is 9.86. The predicted octanol–water partition coefficient (Wildman–Crippen LogP) is 3.88. The van der Waals surface area contributed by atoms with E-state index in [1.807, 2.05) is 10.8 Å². The van der Waals surface area contributed by atoms with Gasteiger partial charge in [0.25, 0.3) is 0 Å². The van der Waals surface area contributed by atoms with E-state index in [2.05, 4.69) is 31.1 Å². The van der Waals surface area contributed by atoms with Crippen molar-refractivity contribution in [2.75, 3.05) is 0 Å². The highest BCUT2D eigenvalue weighted by Crippen LogP contribution is 2.22. The zero-order valence-electron chi connectivity index (χ0n) is 12.6. The Kier molecular flexibility index (Phi) is 5.01. The first-order valence-corrected chi connectivity index (χ1v) is 7.37. The number of hydrogen-bond acceptors (Lipinski definition) is 2. The van der Waals surface area contributed by atoms with Crippen LogP contribution in [0.25, 0.3) is 0 Å². The molecule has 0 spiro atoms. The Labute approximate surface area is 130 Å². The van der Waals surface area contributed by atoms with Crippen LogP contribution in [0.1, 0.15) is 26.3 Å². The molecule has 0 saturated carbocycles. The Bertz CT molecular complexity index is 576. The van der Waals surface area contributed by atoms with Gasteiger partial charge in [0.1, 0.15) is 5.82 Å². The van der Waals surface area contributed by atoms with Crippen molar-refractivity contribution in [2.45, 2.75) is 39.9 Å². The van der Waals surface area contributed by atoms with Crippen LogP contribution in [0, 0.1) is 11.2 Å². The van der Waals surface area contributed by atoms with Crippen LogP contribution in [-0.2, 0) is 13.1 Å². The number of benzene rings is 1. The maximum atomic E-state index is 13.8. The number of imidazole rings is 1. The zero-order valence-corrected chi connectivity index (χ0v) is 13.4. The molecule has 0 amide bonds. The van der Waals surface area contributed by atoms with Gasteiger partial charge in [0.05, 0.1) is 6.33 Å². The van der Waals surface area contributed by atoms with Crippen LogP contribution < -0.4 is 5.32 Å². The van der Waals surface area contributed by atoms with Crippen molar-refractivity contribution in [1.29, 1.82) is 0 Å². The third-order valence-corrected chi connectivity index (χ3v) is 3.78. The second-order valence-electron chi connectivity index (χ2n) is 6.29. The quantitative estimate of drug-likeness (QED) is 0.908. The monoisotopic (exact) mass is 309 g/mol. The van der Waals surface area contributed by atoms with E-state index in [1.54, 1.807) is 24.7 Å². The summed E-state index contributed by atoms with van der Waals surface area (Å²) >= 11 is 5.93. The minimum absolute atomic E-state index is 0.0410. The standard InChI is InChI=1S/C16H21ClFN3/c1-16(2,3)15(10-21-7-6-19-11-21)20-9-12-8-13(17)4-5-14(12)18/h4-8,11,15,20H,9-10H2,1-3H3. The van der Waals surface area contributed by atoms with Gasteiger partial charge in [0.15, 0.2) is 0 Å². The van der Waals surface area contributed by atoms with Crippen molar-refractivity contribution < 1.29 is 4.39 Å². The maximum absolute atomic E-state index is 13.8. The average molecular weight is 310 g/mol. The van der Waals surface area contributed by atoms with Crippen molar-refractivity contribution >= 4 is 11.6 Å². The first-order valence-electron chi connectivity index (χ1n) is 6.99. The van der Waals surface area contributed by atoms with Crippen molar-refractivity contribution in [1.82, 2.24) is 14.9 Å². The minimum atomic E-state index is -0.234. The van der Waals surface area contributed by atoms with Gasteiger partial charge in [-0.05, 0) is 23.6 Å². The molecule has 0 fully saturated rings. The molecule has 0 bridgehead atoms. The Balaban J connectivity index is 2.07. The minimum Gasteiger partial charge on any atom is -0.336 e. The molecular formula is C16H21ClFN3. The van der Waals surface area contributed by atoms with Gasteiger partial charge >= 0.3 is 0 Å². The second-order valence-corrected chi connectivity index (χ2v) is 6.73. The van der Waals surface area contributed by atoms with Crippen LogP contribution >= 0.6 is 11.6 Å². The molecule has 0 aliphatic rings. The lowest BCUT2D eigenvalue weighted by Crippen LogP contribution is -2.43. The molecule has 1 heterocycles. The van der Waals surface area contributed by atoms with Gasteiger partial charge in [0.2, 0.25) is 0 Å². The summed E-state index contributed by atoms with van der Waals surface area (Å²) in [7, 11) is 0. The number of halogens is 2. The molecule has 0 aliphatic heterocycles. The van der Waals surface area contributed by atoms with Gasteiger partial charge < -0.3 is 9.88 Å². The van der Waals surface area contributed by atoms with Crippen LogP contribution in [-0.4, -0.2) is 15.6 Å². The molecule has 0 radical (unpaired) electrons. The summed E-state index contributed by atoms with van der Waals surface area (Å²) in [6, 6.07) is 4.82. The Morgan fingerprint density at radius 1 is 1.38 bits per heavy atom. The fourth-order valence-electron chi connectivity index (χ4n) is 2.16. The Hall–Kier alpha value is -1.39. The molecular weight excluding hydrogens is 289 g/mol. The summed E-state index contributed by atoms with van der Waals surface area (Å²) in [6.07, 6.45) is 5.48. The van der Waals surface area contributed by atoms with Gasteiger partial charge in [-0.3, -0.25) is 0 Å². The largest absolute Gasteiger partial charge is 0.336 e. The summed E-state index contributed by atoms with van der Waals surface area (Å²) in [4.78, 5) is 4.06. The van der Waals surface area contributed by atoms with Crippen molar-refractivity contribution in [3.63, 3.8) is 0 Å². The lowest BCUT2D eigenvalue weighted by Gasteiger charge is -2.32. The van der Waals surface area contributed by atoms with Crippen LogP contribution in [0.4, 0.5) is 4.39 Å². The number of aromatic nitrogens is 2. The van der Waals surface area contributed by atoms with E-state index in [0.29, 0.717) is 17.1 Å². The maximum Gasteiger partial charge on any atom is 0.127 e. The smallest absolute Gasteiger partial charge is 0.127 e. The van der Waals surface area contributed by atoms with Gasteiger partial charge in [0, 0.05) is 42.1 Å². The summed E-state index contributed by atoms with van der Waals surface area (Å²) in [5, 5.41) is 3.99. The van der Waals surface area contributed by atoms with Gasteiger partial charge in [-0.1, -0.05) is 32.4 Å². The summed E-state index contributed by atoms with van der Waals surface area (Å²) in [5.74, 6) is -0.234.